The highest BCUT2D eigenvalue weighted by molar-refractivity contribution is 5.84. The van der Waals surface area contributed by atoms with Crippen LogP contribution in [-0.4, -0.2) is 4.57 Å². The molecule has 1 aliphatic rings. The Balaban J connectivity index is 1.74. The topological polar surface area (TPSA) is 8.81 Å². The zero-order valence-electron chi connectivity index (χ0n) is 23.0. The fraction of sp³-hybridized carbons (Fsp3) is 0.250. The Kier molecular flexibility index (Phi) is 6.49. The van der Waals surface area contributed by atoms with Crippen molar-refractivity contribution < 1.29 is 4.57 Å². The fourth-order valence-electron chi connectivity index (χ4n) is 6.11. The van der Waals surface area contributed by atoms with Crippen LogP contribution in [-0.2, 0) is 19.4 Å². The summed E-state index contributed by atoms with van der Waals surface area (Å²) in [6.07, 6.45) is 6.63. The van der Waals surface area contributed by atoms with Crippen LogP contribution in [0.15, 0.2) is 103 Å². The molecule has 0 saturated heterocycles. The van der Waals surface area contributed by atoms with Crippen LogP contribution in [0.3, 0.4) is 0 Å². The summed E-state index contributed by atoms with van der Waals surface area (Å²) in [6.45, 7) is 10.3. The van der Waals surface area contributed by atoms with Crippen LogP contribution in [0.1, 0.15) is 44.4 Å². The highest BCUT2D eigenvalue weighted by Crippen LogP contribution is 2.42. The molecule has 0 atom stereocenters. The molecule has 2 heterocycles. The van der Waals surface area contributed by atoms with E-state index in [-0.39, 0.29) is 0 Å². The number of hydrogen-bond donors (Lipinski definition) is 0. The average molecular weight is 498 g/mol. The Hall–Kier alpha value is -3.91. The van der Waals surface area contributed by atoms with Crippen LogP contribution < -0.4 is 4.57 Å². The molecule has 0 spiro atoms. The first-order valence-electron chi connectivity index (χ1n) is 14.0. The van der Waals surface area contributed by atoms with Gasteiger partial charge in [0.2, 0.25) is 0 Å². The zero-order chi connectivity index (χ0) is 26.2. The number of nitrogens with zero attached hydrogens (tertiary/aromatic N) is 2. The molecule has 5 aromatic rings. The van der Waals surface area contributed by atoms with Crippen LogP contribution in [0.4, 0.5) is 0 Å². The van der Waals surface area contributed by atoms with Gasteiger partial charge in [0.1, 0.15) is 24.6 Å². The maximum Gasteiger partial charge on any atom is 0.294 e. The highest BCUT2D eigenvalue weighted by Gasteiger charge is 2.33. The standard InChI is InChI=1S/C36H37N2/c1-25(2)21-33-31(27-13-7-5-8-14-27)23-32(28-15-9-6-10-16-28)34(22-26(3)4)35(33)38-20-19-37-24-29-17-11-12-18-30(29)36(37)38/h5-20,23,25-26H,21-22,24H2,1-4H3/q+1. The molecule has 4 aromatic carbocycles. The summed E-state index contributed by atoms with van der Waals surface area (Å²) in [6, 6.07) is 33.3. The summed E-state index contributed by atoms with van der Waals surface area (Å²) in [4.78, 5) is 0. The lowest BCUT2D eigenvalue weighted by Gasteiger charge is -2.23. The Morgan fingerprint density at radius 2 is 1.18 bits per heavy atom. The molecule has 1 aromatic heterocycles. The van der Waals surface area contributed by atoms with Crippen molar-refractivity contribution in [3.63, 3.8) is 0 Å². The lowest BCUT2D eigenvalue weighted by Crippen LogP contribution is -2.30. The van der Waals surface area contributed by atoms with Crippen LogP contribution in [0.5, 0.6) is 0 Å². The van der Waals surface area contributed by atoms with Gasteiger partial charge in [-0.15, -0.1) is 0 Å². The van der Waals surface area contributed by atoms with Gasteiger partial charge in [0.05, 0.1) is 5.56 Å². The van der Waals surface area contributed by atoms with Gasteiger partial charge in [-0.3, -0.25) is 0 Å². The maximum absolute atomic E-state index is 2.51. The quantitative estimate of drug-likeness (QED) is 0.195. The molecule has 1 aliphatic heterocycles. The number of hydrogen-bond acceptors (Lipinski definition) is 0. The Labute approximate surface area is 227 Å². The van der Waals surface area contributed by atoms with Crippen LogP contribution in [0, 0.1) is 11.8 Å². The molecule has 0 bridgehead atoms. The van der Waals surface area contributed by atoms with Gasteiger partial charge in [0, 0.05) is 16.7 Å². The predicted octanol–water partition coefficient (Wildman–Crippen LogP) is 8.52. The van der Waals surface area contributed by atoms with E-state index >= 15 is 0 Å². The van der Waals surface area contributed by atoms with E-state index in [9.17, 15) is 0 Å². The smallest absolute Gasteiger partial charge is 0.225 e. The minimum absolute atomic E-state index is 0.536. The second-order valence-electron chi connectivity index (χ2n) is 11.5. The maximum atomic E-state index is 2.51. The van der Waals surface area contributed by atoms with E-state index in [1.165, 1.54) is 56.0 Å². The first-order valence-corrected chi connectivity index (χ1v) is 14.0. The lowest BCUT2D eigenvalue weighted by atomic mass is 9.83. The largest absolute Gasteiger partial charge is 0.294 e. The molecule has 0 fully saturated rings. The van der Waals surface area contributed by atoms with Crippen molar-refractivity contribution in [2.45, 2.75) is 47.1 Å². The fourth-order valence-corrected chi connectivity index (χ4v) is 6.11. The summed E-state index contributed by atoms with van der Waals surface area (Å²) < 4.78 is 4.93. The average Bonchev–Trinajstić information content (AvgIpc) is 3.49. The molecule has 0 unspecified atom stereocenters. The SMILES string of the molecule is CC(C)Cc1c(-c2ccccc2)cc(-c2ccccc2)c(CC(C)C)c1-n1cc[n+]2c1-c1ccccc1C2. The molecule has 38 heavy (non-hydrogen) atoms. The third kappa shape index (κ3) is 4.39. The summed E-state index contributed by atoms with van der Waals surface area (Å²) in [7, 11) is 0. The van der Waals surface area contributed by atoms with E-state index < -0.39 is 0 Å². The molecular formula is C36H37N2+. The highest BCUT2D eigenvalue weighted by atomic mass is 15.2. The summed E-state index contributed by atoms with van der Waals surface area (Å²) in [5.41, 5.74) is 12.3. The van der Waals surface area contributed by atoms with Gasteiger partial charge in [0.15, 0.2) is 0 Å². The normalized spacial score (nSPS) is 12.3. The monoisotopic (exact) mass is 497 g/mol. The van der Waals surface area contributed by atoms with Crippen molar-refractivity contribution in [1.29, 1.82) is 0 Å². The summed E-state index contributed by atoms with van der Waals surface area (Å²) in [5, 5.41) is 0. The van der Waals surface area contributed by atoms with E-state index in [4.69, 9.17) is 0 Å². The van der Waals surface area contributed by atoms with Crippen molar-refractivity contribution in [1.82, 2.24) is 4.57 Å². The van der Waals surface area contributed by atoms with Gasteiger partial charge in [-0.1, -0.05) is 107 Å². The van der Waals surface area contributed by atoms with Crippen LogP contribution in [0.25, 0.3) is 39.3 Å². The van der Waals surface area contributed by atoms with E-state index in [1.807, 2.05) is 0 Å². The van der Waals surface area contributed by atoms with E-state index in [1.54, 1.807) is 0 Å². The van der Waals surface area contributed by atoms with E-state index in [2.05, 4.69) is 140 Å². The predicted molar refractivity (Wildman–Crippen MR) is 158 cm³/mol. The first-order chi connectivity index (χ1) is 18.5. The minimum Gasteiger partial charge on any atom is -0.225 e. The van der Waals surface area contributed by atoms with Gasteiger partial charge in [0.25, 0.3) is 5.82 Å². The summed E-state index contributed by atoms with van der Waals surface area (Å²) >= 11 is 0. The van der Waals surface area contributed by atoms with Crippen molar-refractivity contribution >= 4 is 0 Å². The molecule has 0 radical (unpaired) electrons. The number of fused-ring (bicyclic) bond motifs is 3. The van der Waals surface area contributed by atoms with Gasteiger partial charge in [-0.25, -0.2) is 4.57 Å². The van der Waals surface area contributed by atoms with Crippen LogP contribution >= 0.6 is 0 Å². The number of imidazole rings is 1. The minimum atomic E-state index is 0.536. The Morgan fingerprint density at radius 3 is 1.74 bits per heavy atom. The van der Waals surface area contributed by atoms with Crippen molar-refractivity contribution in [3.8, 4) is 39.3 Å². The third-order valence-corrected chi connectivity index (χ3v) is 7.64. The van der Waals surface area contributed by atoms with Gasteiger partial charge >= 0.3 is 0 Å². The molecule has 2 nitrogen and oxygen atoms in total. The molecule has 2 heteroatoms. The zero-order valence-corrected chi connectivity index (χ0v) is 23.0. The second kappa shape index (κ2) is 10.1. The number of rotatable bonds is 7. The Bertz CT molecular complexity index is 1500. The van der Waals surface area contributed by atoms with Crippen molar-refractivity contribution in [2.24, 2.45) is 11.8 Å². The molecule has 0 amide bonds. The van der Waals surface area contributed by atoms with Gasteiger partial charge < -0.3 is 0 Å². The van der Waals surface area contributed by atoms with Crippen molar-refractivity contribution in [2.75, 3.05) is 0 Å². The third-order valence-electron chi connectivity index (χ3n) is 7.64. The second-order valence-corrected chi connectivity index (χ2v) is 11.5. The molecule has 6 rings (SSSR count). The molecular weight excluding hydrogens is 460 g/mol. The van der Waals surface area contributed by atoms with E-state index in [0.717, 1.165) is 19.4 Å². The van der Waals surface area contributed by atoms with Gasteiger partial charge in [-0.05, 0) is 59.1 Å². The molecule has 0 aliphatic carbocycles. The van der Waals surface area contributed by atoms with Crippen LogP contribution in [0.2, 0.25) is 0 Å². The first kappa shape index (κ1) is 24.4. The van der Waals surface area contributed by atoms with Crippen molar-refractivity contribution in [3.05, 3.63) is 120 Å². The molecule has 190 valence electrons. The van der Waals surface area contributed by atoms with Gasteiger partial charge in [-0.2, -0.15) is 4.57 Å². The molecule has 0 N–H and O–H groups in total. The lowest BCUT2D eigenvalue weighted by molar-refractivity contribution is -0.671. The summed E-state index contributed by atoms with van der Waals surface area (Å²) in [5.74, 6) is 2.36. The Morgan fingerprint density at radius 1 is 0.658 bits per heavy atom. The number of benzene rings is 4. The van der Waals surface area contributed by atoms with E-state index in [0.29, 0.717) is 11.8 Å². The number of aromatic nitrogens is 2. The molecule has 0 saturated carbocycles.